The summed E-state index contributed by atoms with van der Waals surface area (Å²) < 4.78 is 9.64. The van der Waals surface area contributed by atoms with Gasteiger partial charge in [-0.05, 0) is 37.5 Å². The van der Waals surface area contributed by atoms with Gasteiger partial charge in [0.1, 0.15) is 4.33 Å². The number of benzene rings is 1. The number of halogens is 2. The quantitative estimate of drug-likeness (QED) is 0.869. The minimum Gasteiger partial charge on any atom is -0.454 e. The standard InChI is InChI=1S/C14H15Cl2NO3/c1-13(7-14(13,15)16)12(18)17-5-4-9-2-3-10-11(6-9)20-8-19-10/h2-3,6H,4-5,7-8H2,1H3,(H,17,18)/t13-/m1/s1. The zero-order valence-corrected chi connectivity index (χ0v) is 12.6. The molecule has 6 heteroatoms. The minimum atomic E-state index is -0.921. The van der Waals surface area contributed by atoms with Gasteiger partial charge in [0.2, 0.25) is 12.7 Å². The molecule has 3 rings (SSSR count). The van der Waals surface area contributed by atoms with Crippen molar-refractivity contribution in [2.24, 2.45) is 5.41 Å². The smallest absolute Gasteiger partial charge is 0.231 e. The molecule has 1 amide bonds. The molecule has 0 bridgehead atoms. The van der Waals surface area contributed by atoms with Crippen LogP contribution in [0.3, 0.4) is 0 Å². The first-order valence-corrected chi connectivity index (χ1v) is 7.23. The number of ether oxygens (including phenoxy) is 2. The van der Waals surface area contributed by atoms with E-state index in [1.54, 1.807) is 6.92 Å². The zero-order valence-electron chi connectivity index (χ0n) is 11.0. The molecule has 1 heterocycles. The summed E-state index contributed by atoms with van der Waals surface area (Å²) in [5, 5.41) is 2.88. The molecule has 1 saturated carbocycles. The van der Waals surface area contributed by atoms with E-state index in [-0.39, 0.29) is 12.7 Å². The van der Waals surface area contributed by atoms with Crippen LogP contribution in [0.15, 0.2) is 18.2 Å². The lowest BCUT2D eigenvalue weighted by atomic mass is 10.1. The van der Waals surface area contributed by atoms with Gasteiger partial charge in [0.25, 0.3) is 0 Å². The van der Waals surface area contributed by atoms with Crippen LogP contribution in [-0.4, -0.2) is 23.6 Å². The number of hydrogen-bond donors (Lipinski definition) is 1. The lowest BCUT2D eigenvalue weighted by Crippen LogP contribution is -2.34. The van der Waals surface area contributed by atoms with Crippen molar-refractivity contribution < 1.29 is 14.3 Å². The summed E-state index contributed by atoms with van der Waals surface area (Å²) in [6, 6.07) is 5.77. The predicted molar refractivity (Wildman–Crippen MR) is 76.4 cm³/mol. The van der Waals surface area contributed by atoms with Gasteiger partial charge < -0.3 is 14.8 Å². The van der Waals surface area contributed by atoms with E-state index in [9.17, 15) is 4.79 Å². The Morgan fingerprint density at radius 1 is 1.35 bits per heavy atom. The summed E-state index contributed by atoms with van der Waals surface area (Å²) >= 11 is 12.0. The van der Waals surface area contributed by atoms with E-state index in [2.05, 4.69) is 5.32 Å². The molecule has 1 atom stereocenters. The second kappa shape index (κ2) is 4.71. The van der Waals surface area contributed by atoms with Crippen molar-refractivity contribution in [2.75, 3.05) is 13.3 Å². The third-order valence-corrected chi connectivity index (χ3v) is 5.00. The number of carbonyl (C=O) groups excluding carboxylic acids is 1. The van der Waals surface area contributed by atoms with Crippen LogP contribution in [0.25, 0.3) is 0 Å². The number of hydrogen-bond acceptors (Lipinski definition) is 3. The maximum atomic E-state index is 12.0. The Kier molecular flexibility index (Phi) is 3.26. The Hall–Kier alpha value is -1.13. The number of nitrogens with one attached hydrogen (secondary N) is 1. The van der Waals surface area contributed by atoms with Gasteiger partial charge in [-0.2, -0.15) is 0 Å². The van der Waals surface area contributed by atoms with Crippen LogP contribution in [0.4, 0.5) is 0 Å². The van der Waals surface area contributed by atoms with Gasteiger partial charge in [-0.3, -0.25) is 4.79 Å². The summed E-state index contributed by atoms with van der Waals surface area (Å²) in [5.74, 6) is 1.42. The van der Waals surface area contributed by atoms with Crippen LogP contribution < -0.4 is 14.8 Å². The summed E-state index contributed by atoms with van der Waals surface area (Å²) in [6.07, 6.45) is 1.22. The van der Waals surface area contributed by atoms with Gasteiger partial charge in [0.05, 0.1) is 5.41 Å². The molecule has 4 nitrogen and oxygen atoms in total. The predicted octanol–water partition coefficient (Wildman–Crippen LogP) is 2.66. The van der Waals surface area contributed by atoms with Gasteiger partial charge in [0, 0.05) is 6.54 Å². The molecule has 0 spiro atoms. The maximum Gasteiger partial charge on any atom is 0.231 e. The first-order chi connectivity index (χ1) is 9.42. The fourth-order valence-corrected chi connectivity index (χ4v) is 2.96. The van der Waals surface area contributed by atoms with Crippen molar-refractivity contribution in [3.05, 3.63) is 23.8 Å². The van der Waals surface area contributed by atoms with E-state index in [1.807, 2.05) is 18.2 Å². The van der Waals surface area contributed by atoms with Gasteiger partial charge in [-0.25, -0.2) is 0 Å². The molecule has 0 unspecified atom stereocenters. The Labute approximate surface area is 127 Å². The SMILES string of the molecule is C[C@]1(C(=O)NCCc2ccc3c(c2)OCO3)CC1(Cl)Cl. The molecule has 1 fully saturated rings. The minimum absolute atomic E-state index is 0.0942. The first-order valence-electron chi connectivity index (χ1n) is 6.47. The fraction of sp³-hybridized carbons (Fsp3) is 0.500. The van der Waals surface area contributed by atoms with Crippen molar-refractivity contribution in [3.63, 3.8) is 0 Å². The molecule has 1 aromatic rings. The van der Waals surface area contributed by atoms with Crippen LogP contribution in [0, 0.1) is 5.41 Å². The van der Waals surface area contributed by atoms with Crippen LogP contribution in [-0.2, 0) is 11.2 Å². The Balaban J connectivity index is 1.52. The number of alkyl halides is 2. The highest BCUT2D eigenvalue weighted by Gasteiger charge is 2.67. The molecule has 0 aromatic heterocycles. The summed E-state index contributed by atoms with van der Waals surface area (Å²) in [5.41, 5.74) is 0.420. The van der Waals surface area contributed by atoms with Crippen molar-refractivity contribution in [1.82, 2.24) is 5.32 Å². The van der Waals surface area contributed by atoms with E-state index in [1.165, 1.54) is 0 Å². The van der Waals surface area contributed by atoms with Gasteiger partial charge in [-0.1, -0.05) is 6.07 Å². The van der Waals surface area contributed by atoms with Crippen LogP contribution in [0.1, 0.15) is 18.9 Å². The van der Waals surface area contributed by atoms with Gasteiger partial charge in [0.15, 0.2) is 11.5 Å². The molecule has 2 aliphatic rings. The Morgan fingerprint density at radius 2 is 2.05 bits per heavy atom. The second-order valence-electron chi connectivity index (χ2n) is 5.41. The topological polar surface area (TPSA) is 47.6 Å². The van der Waals surface area contributed by atoms with Crippen molar-refractivity contribution >= 4 is 29.1 Å². The molecule has 1 aromatic carbocycles. The van der Waals surface area contributed by atoms with Crippen molar-refractivity contribution in [2.45, 2.75) is 24.1 Å². The monoisotopic (exact) mass is 315 g/mol. The molecule has 0 radical (unpaired) electrons. The van der Waals surface area contributed by atoms with Crippen LogP contribution in [0.5, 0.6) is 11.5 Å². The van der Waals surface area contributed by atoms with E-state index in [0.717, 1.165) is 23.5 Å². The largest absolute Gasteiger partial charge is 0.454 e. The molecule has 1 N–H and O–H groups in total. The molecular formula is C14H15Cl2NO3. The fourth-order valence-electron chi connectivity index (χ4n) is 2.26. The zero-order chi connectivity index (χ0) is 14.4. The van der Waals surface area contributed by atoms with E-state index in [4.69, 9.17) is 32.7 Å². The molecule has 1 aliphatic carbocycles. The average Bonchev–Trinajstić information content (AvgIpc) is 2.77. The van der Waals surface area contributed by atoms with Crippen LogP contribution >= 0.6 is 23.2 Å². The van der Waals surface area contributed by atoms with E-state index < -0.39 is 9.75 Å². The Bertz CT molecular complexity index is 561. The highest BCUT2D eigenvalue weighted by Crippen LogP contribution is 2.63. The van der Waals surface area contributed by atoms with Gasteiger partial charge >= 0.3 is 0 Å². The summed E-state index contributed by atoms with van der Waals surface area (Å²) in [4.78, 5) is 12.0. The highest BCUT2D eigenvalue weighted by atomic mass is 35.5. The highest BCUT2D eigenvalue weighted by molar-refractivity contribution is 6.53. The molecular weight excluding hydrogens is 301 g/mol. The maximum absolute atomic E-state index is 12.0. The lowest BCUT2D eigenvalue weighted by molar-refractivity contribution is -0.125. The molecule has 20 heavy (non-hydrogen) atoms. The first kappa shape index (κ1) is 13.8. The Morgan fingerprint density at radius 3 is 2.75 bits per heavy atom. The lowest BCUT2D eigenvalue weighted by Gasteiger charge is -2.12. The van der Waals surface area contributed by atoms with E-state index >= 15 is 0 Å². The third kappa shape index (κ3) is 2.31. The number of amides is 1. The number of rotatable bonds is 4. The normalized spacial score (nSPS) is 25.4. The van der Waals surface area contributed by atoms with Crippen molar-refractivity contribution in [3.8, 4) is 11.5 Å². The number of fused-ring (bicyclic) bond motifs is 1. The summed E-state index contributed by atoms with van der Waals surface area (Å²) in [7, 11) is 0. The molecule has 108 valence electrons. The average molecular weight is 316 g/mol. The molecule has 0 saturated heterocycles. The molecule has 1 aliphatic heterocycles. The second-order valence-corrected chi connectivity index (χ2v) is 6.89. The number of carbonyl (C=O) groups is 1. The van der Waals surface area contributed by atoms with Gasteiger partial charge in [-0.15, -0.1) is 23.2 Å². The third-order valence-electron chi connectivity index (χ3n) is 3.90. The van der Waals surface area contributed by atoms with E-state index in [0.29, 0.717) is 13.0 Å². The van der Waals surface area contributed by atoms with Crippen molar-refractivity contribution in [1.29, 1.82) is 0 Å². The van der Waals surface area contributed by atoms with Crippen LogP contribution in [0.2, 0.25) is 0 Å². The summed E-state index contributed by atoms with van der Waals surface area (Å²) in [6.45, 7) is 2.59.